The highest BCUT2D eigenvalue weighted by Gasteiger charge is 2.07. The van der Waals surface area contributed by atoms with Crippen LogP contribution in [0.15, 0.2) is 30.6 Å². The zero-order valence-corrected chi connectivity index (χ0v) is 9.40. The summed E-state index contributed by atoms with van der Waals surface area (Å²) < 4.78 is 5.06. The van der Waals surface area contributed by atoms with Gasteiger partial charge in [-0.05, 0) is 18.2 Å². The van der Waals surface area contributed by atoms with Crippen molar-refractivity contribution in [1.82, 2.24) is 9.97 Å². The number of halogens is 1. The topological polar surface area (TPSA) is 61.0 Å². The molecule has 0 saturated heterocycles. The number of nitrogens with two attached hydrogens (primary N) is 1. The molecule has 0 saturated carbocycles. The molecule has 0 spiro atoms. The molecule has 1 aromatic carbocycles. The third kappa shape index (κ3) is 2.06. The van der Waals surface area contributed by atoms with Crippen LogP contribution in [0.25, 0.3) is 11.4 Å². The molecule has 0 fully saturated rings. The molecular weight excluding hydrogens is 226 g/mol. The number of anilines is 1. The number of benzene rings is 1. The summed E-state index contributed by atoms with van der Waals surface area (Å²) in [6.07, 6.45) is 3.09. The first-order valence-corrected chi connectivity index (χ1v) is 5.00. The van der Waals surface area contributed by atoms with E-state index in [2.05, 4.69) is 9.97 Å². The number of methoxy groups -OCH3 is 1. The summed E-state index contributed by atoms with van der Waals surface area (Å²) in [6, 6.07) is 5.34. The van der Waals surface area contributed by atoms with Gasteiger partial charge in [0, 0.05) is 5.56 Å². The minimum absolute atomic E-state index is 0.522. The summed E-state index contributed by atoms with van der Waals surface area (Å²) >= 11 is 6.09. The van der Waals surface area contributed by atoms with E-state index in [1.807, 2.05) is 6.07 Å². The molecule has 82 valence electrons. The molecule has 0 atom stereocenters. The molecule has 16 heavy (non-hydrogen) atoms. The van der Waals surface area contributed by atoms with E-state index in [0.29, 0.717) is 22.3 Å². The second kappa shape index (κ2) is 4.37. The second-order valence-electron chi connectivity index (χ2n) is 3.19. The van der Waals surface area contributed by atoms with E-state index >= 15 is 0 Å². The van der Waals surface area contributed by atoms with Gasteiger partial charge in [0.1, 0.15) is 5.75 Å². The van der Waals surface area contributed by atoms with Gasteiger partial charge in [0.15, 0.2) is 5.82 Å². The summed E-state index contributed by atoms with van der Waals surface area (Å²) in [5, 5.41) is 0.545. The van der Waals surface area contributed by atoms with Crippen LogP contribution in [-0.2, 0) is 0 Å². The van der Waals surface area contributed by atoms with Crippen LogP contribution in [0, 0.1) is 0 Å². The van der Waals surface area contributed by atoms with Gasteiger partial charge in [-0.1, -0.05) is 11.6 Å². The SMILES string of the molecule is COc1ccc(-c2ncc(N)cn2)c(Cl)c1. The lowest BCUT2D eigenvalue weighted by molar-refractivity contribution is 0.415. The number of nitrogen functional groups attached to an aromatic ring is 1. The molecule has 0 aliphatic heterocycles. The zero-order valence-electron chi connectivity index (χ0n) is 8.64. The lowest BCUT2D eigenvalue weighted by atomic mass is 10.2. The third-order valence-corrected chi connectivity index (χ3v) is 2.40. The Morgan fingerprint density at radius 2 is 1.94 bits per heavy atom. The average molecular weight is 236 g/mol. The van der Waals surface area contributed by atoms with Crippen LogP contribution in [-0.4, -0.2) is 17.1 Å². The van der Waals surface area contributed by atoms with Crippen molar-refractivity contribution in [2.75, 3.05) is 12.8 Å². The molecule has 1 heterocycles. The highest BCUT2D eigenvalue weighted by Crippen LogP contribution is 2.28. The number of hydrogen-bond donors (Lipinski definition) is 1. The number of ether oxygens (including phenoxy) is 1. The van der Waals surface area contributed by atoms with Crippen molar-refractivity contribution in [3.8, 4) is 17.1 Å². The molecule has 0 radical (unpaired) electrons. The molecule has 4 nitrogen and oxygen atoms in total. The van der Waals surface area contributed by atoms with Crippen molar-refractivity contribution < 1.29 is 4.74 Å². The maximum Gasteiger partial charge on any atom is 0.160 e. The first kappa shape index (κ1) is 10.7. The predicted octanol–water partition coefficient (Wildman–Crippen LogP) is 2.39. The van der Waals surface area contributed by atoms with Gasteiger partial charge in [-0.3, -0.25) is 0 Å². The van der Waals surface area contributed by atoms with Crippen molar-refractivity contribution in [3.63, 3.8) is 0 Å². The predicted molar refractivity (Wildman–Crippen MR) is 63.4 cm³/mol. The molecule has 2 rings (SSSR count). The molecular formula is C11H10ClN3O. The normalized spacial score (nSPS) is 10.1. The second-order valence-corrected chi connectivity index (χ2v) is 3.59. The summed E-state index contributed by atoms with van der Waals surface area (Å²) in [5.74, 6) is 1.24. The maximum absolute atomic E-state index is 6.09. The largest absolute Gasteiger partial charge is 0.497 e. The van der Waals surface area contributed by atoms with Gasteiger partial charge in [0.25, 0.3) is 0 Å². The van der Waals surface area contributed by atoms with Crippen molar-refractivity contribution >= 4 is 17.3 Å². The van der Waals surface area contributed by atoms with Crippen LogP contribution < -0.4 is 10.5 Å². The lowest BCUT2D eigenvalue weighted by Crippen LogP contribution is -1.93. The standard InChI is InChI=1S/C11H10ClN3O/c1-16-8-2-3-9(10(12)4-8)11-14-5-7(13)6-15-11/h2-6H,13H2,1H3. The first-order valence-electron chi connectivity index (χ1n) is 4.62. The molecule has 0 unspecified atom stereocenters. The Bertz CT molecular complexity index is 499. The van der Waals surface area contributed by atoms with E-state index < -0.39 is 0 Å². The maximum atomic E-state index is 6.09. The Labute approximate surface area is 98.0 Å². The Morgan fingerprint density at radius 3 is 2.50 bits per heavy atom. The van der Waals surface area contributed by atoms with Crippen molar-refractivity contribution in [2.45, 2.75) is 0 Å². The minimum atomic E-state index is 0.522. The van der Waals surface area contributed by atoms with Crippen molar-refractivity contribution in [1.29, 1.82) is 0 Å². The van der Waals surface area contributed by atoms with E-state index in [1.165, 1.54) is 0 Å². The zero-order chi connectivity index (χ0) is 11.5. The first-order chi connectivity index (χ1) is 7.70. The van der Waals surface area contributed by atoms with E-state index in [9.17, 15) is 0 Å². The van der Waals surface area contributed by atoms with Gasteiger partial charge in [0.2, 0.25) is 0 Å². The van der Waals surface area contributed by atoms with Gasteiger partial charge >= 0.3 is 0 Å². The van der Waals surface area contributed by atoms with Crippen LogP contribution in [0.2, 0.25) is 5.02 Å². The smallest absolute Gasteiger partial charge is 0.160 e. The Balaban J connectivity index is 2.44. The summed E-state index contributed by atoms with van der Waals surface area (Å²) in [7, 11) is 1.59. The third-order valence-electron chi connectivity index (χ3n) is 2.09. The summed E-state index contributed by atoms with van der Waals surface area (Å²) in [4.78, 5) is 8.21. The number of hydrogen-bond acceptors (Lipinski definition) is 4. The van der Waals surface area contributed by atoms with Crippen molar-refractivity contribution in [3.05, 3.63) is 35.6 Å². The van der Waals surface area contributed by atoms with Gasteiger partial charge in [-0.15, -0.1) is 0 Å². The van der Waals surface area contributed by atoms with Crippen LogP contribution in [0.3, 0.4) is 0 Å². The van der Waals surface area contributed by atoms with E-state index in [-0.39, 0.29) is 0 Å². The molecule has 2 N–H and O–H groups in total. The number of rotatable bonds is 2. The highest BCUT2D eigenvalue weighted by atomic mass is 35.5. The molecule has 0 aliphatic carbocycles. The highest BCUT2D eigenvalue weighted by molar-refractivity contribution is 6.33. The monoisotopic (exact) mass is 235 g/mol. The fourth-order valence-corrected chi connectivity index (χ4v) is 1.54. The fourth-order valence-electron chi connectivity index (χ4n) is 1.28. The molecule has 0 bridgehead atoms. The molecule has 0 amide bonds. The van der Waals surface area contributed by atoms with E-state index in [1.54, 1.807) is 31.6 Å². The Hall–Kier alpha value is -1.81. The van der Waals surface area contributed by atoms with Crippen molar-refractivity contribution in [2.24, 2.45) is 0 Å². The quantitative estimate of drug-likeness (QED) is 0.868. The van der Waals surface area contributed by atoms with Gasteiger partial charge in [-0.25, -0.2) is 9.97 Å². The number of nitrogens with zero attached hydrogens (tertiary/aromatic N) is 2. The van der Waals surface area contributed by atoms with Crippen LogP contribution >= 0.6 is 11.6 Å². The molecule has 5 heteroatoms. The Kier molecular flexibility index (Phi) is 2.92. The Morgan fingerprint density at radius 1 is 1.25 bits per heavy atom. The van der Waals surface area contributed by atoms with Crippen LogP contribution in [0.4, 0.5) is 5.69 Å². The lowest BCUT2D eigenvalue weighted by Gasteiger charge is -2.05. The molecule has 0 aliphatic rings. The number of aromatic nitrogens is 2. The summed E-state index contributed by atoms with van der Waals surface area (Å²) in [5.41, 5.74) is 6.78. The van der Waals surface area contributed by atoms with E-state index in [4.69, 9.17) is 22.1 Å². The molecule has 2 aromatic rings. The van der Waals surface area contributed by atoms with Crippen LogP contribution in [0.5, 0.6) is 5.75 Å². The average Bonchev–Trinajstić information content (AvgIpc) is 2.30. The molecule has 1 aromatic heterocycles. The van der Waals surface area contributed by atoms with Crippen LogP contribution in [0.1, 0.15) is 0 Å². The summed E-state index contributed by atoms with van der Waals surface area (Å²) in [6.45, 7) is 0. The van der Waals surface area contributed by atoms with E-state index in [0.717, 1.165) is 5.56 Å². The van der Waals surface area contributed by atoms with Gasteiger partial charge < -0.3 is 10.5 Å². The van der Waals surface area contributed by atoms with Gasteiger partial charge in [0.05, 0.1) is 30.2 Å². The fraction of sp³-hybridized carbons (Fsp3) is 0.0909. The van der Waals surface area contributed by atoms with Gasteiger partial charge in [-0.2, -0.15) is 0 Å². The minimum Gasteiger partial charge on any atom is -0.497 e.